The van der Waals surface area contributed by atoms with Crippen LogP contribution in [0.3, 0.4) is 0 Å². The van der Waals surface area contributed by atoms with E-state index >= 15 is 0 Å². The van der Waals surface area contributed by atoms with Crippen molar-refractivity contribution in [3.05, 3.63) is 52.7 Å². The summed E-state index contributed by atoms with van der Waals surface area (Å²) in [5, 5.41) is 15.4. The number of nitrogens with zero attached hydrogens (tertiary/aromatic N) is 3. The number of para-hydroxylation sites is 1. The molecule has 3 rings (SSSR count). The largest absolute Gasteiger partial charge is 0.496 e. The average molecular weight is 362 g/mol. The summed E-state index contributed by atoms with van der Waals surface area (Å²) in [4.78, 5) is 19.9. The fourth-order valence-electron chi connectivity index (χ4n) is 2.78. The van der Waals surface area contributed by atoms with Crippen molar-refractivity contribution < 1.29 is 9.66 Å². The van der Waals surface area contributed by atoms with Gasteiger partial charge in [0.2, 0.25) is 5.95 Å². The maximum absolute atomic E-state index is 11.7. The molecule has 27 heavy (non-hydrogen) atoms. The predicted octanol–water partition coefficient (Wildman–Crippen LogP) is 4.04. The first-order valence-corrected chi connectivity index (χ1v) is 8.40. The zero-order valence-corrected chi connectivity index (χ0v) is 14.8. The van der Waals surface area contributed by atoms with E-state index < -0.39 is 4.92 Å². The summed E-state index contributed by atoms with van der Waals surface area (Å²) in [6.07, 6.45) is 8.33. The van der Waals surface area contributed by atoms with Crippen LogP contribution in [-0.2, 0) is 0 Å². The van der Waals surface area contributed by atoms with E-state index in [1.165, 1.54) is 13.2 Å². The molecule has 2 aromatic carbocycles. The Morgan fingerprint density at radius 3 is 2.85 bits per heavy atom. The van der Waals surface area contributed by atoms with Gasteiger partial charge < -0.3 is 10.1 Å². The Balaban J connectivity index is 2.04. The van der Waals surface area contributed by atoms with E-state index in [2.05, 4.69) is 21.2 Å². The molecule has 1 N–H and O–H groups in total. The van der Waals surface area contributed by atoms with Crippen LogP contribution in [0.5, 0.6) is 5.75 Å². The predicted molar refractivity (Wildman–Crippen MR) is 105 cm³/mol. The Kier molecular flexibility index (Phi) is 5.47. The number of nitrogens with one attached hydrogen (secondary N) is 1. The van der Waals surface area contributed by atoms with Gasteiger partial charge in [0.15, 0.2) is 0 Å². The molecule has 0 saturated heterocycles. The highest BCUT2D eigenvalue weighted by molar-refractivity contribution is 5.91. The summed E-state index contributed by atoms with van der Waals surface area (Å²) in [5.41, 5.74) is 1.56. The molecule has 0 spiro atoms. The molecule has 0 amide bonds. The monoisotopic (exact) mass is 362 g/mol. The Bertz CT molecular complexity index is 1030. The number of unbranched alkanes of at least 4 members (excludes halogenated alkanes) is 1. The normalized spacial score (nSPS) is 10.4. The van der Waals surface area contributed by atoms with Gasteiger partial charge in [0.25, 0.3) is 5.69 Å². The molecule has 0 radical (unpaired) electrons. The average Bonchev–Trinajstić information content (AvgIpc) is 2.70. The second-order valence-corrected chi connectivity index (χ2v) is 5.81. The molecule has 1 heterocycles. The maximum atomic E-state index is 11.7. The number of nitro groups is 1. The molecule has 0 saturated carbocycles. The Morgan fingerprint density at radius 1 is 1.30 bits per heavy atom. The second kappa shape index (κ2) is 8.15. The van der Waals surface area contributed by atoms with E-state index in [0.29, 0.717) is 46.7 Å². The van der Waals surface area contributed by atoms with Crippen molar-refractivity contribution >= 4 is 22.5 Å². The van der Waals surface area contributed by atoms with Gasteiger partial charge in [-0.2, -0.15) is 0 Å². The smallest absolute Gasteiger partial charge is 0.279 e. The lowest BCUT2D eigenvalue weighted by molar-refractivity contribution is -0.384. The number of hydrogen-bond donors (Lipinski definition) is 1. The minimum atomic E-state index is -0.413. The molecule has 0 unspecified atom stereocenters. The quantitative estimate of drug-likeness (QED) is 0.295. The summed E-state index contributed by atoms with van der Waals surface area (Å²) >= 11 is 0. The van der Waals surface area contributed by atoms with E-state index in [0.717, 1.165) is 6.42 Å². The number of aromatic nitrogens is 2. The zero-order chi connectivity index (χ0) is 19.2. The van der Waals surface area contributed by atoms with Crippen LogP contribution in [-0.4, -0.2) is 28.5 Å². The summed E-state index contributed by atoms with van der Waals surface area (Å²) in [7, 11) is 1.53. The van der Waals surface area contributed by atoms with Crippen LogP contribution in [0.2, 0.25) is 0 Å². The van der Waals surface area contributed by atoms with Crippen molar-refractivity contribution in [3.63, 3.8) is 0 Å². The van der Waals surface area contributed by atoms with Gasteiger partial charge in [0, 0.05) is 36.2 Å². The lowest BCUT2D eigenvalue weighted by atomic mass is 10.0. The van der Waals surface area contributed by atoms with E-state index in [9.17, 15) is 10.1 Å². The van der Waals surface area contributed by atoms with Crippen molar-refractivity contribution in [1.82, 2.24) is 9.97 Å². The molecule has 3 aromatic rings. The molecule has 1 aromatic heterocycles. The third-order valence-electron chi connectivity index (χ3n) is 4.07. The van der Waals surface area contributed by atoms with E-state index in [1.54, 1.807) is 24.4 Å². The van der Waals surface area contributed by atoms with E-state index in [-0.39, 0.29) is 5.69 Å². The fraction of sp³-hybridized carbons (Fsp3) is 0.200. The minimum Gasteiger partial charge on any atom is -0.496 e. The number of ether oxygens (including phenoxy) is 1. The van der Waals surface area contributed by atoms with Crippen LogP contribution in [0.15, 0.2) is 42.6 Å². The SMILES string of the molecule is C#CCCCNc1ncc2cc(-c3ccccc3OC)c([N+](=O)[O-])cc2n1. The number of rotatable bonds is 7. The standard InChI is InChI=1S/C20H18N4O3/c1-3-4-7-10-21-20-22-13-14-11-16(15-8-5-6-9-19(15)27-2)18(24(25)26)12-17(14)23-20/h1,5-6,8-9,11-13H,4,7,10H2,2H3,(H,21,22,23). The molecular formula is C20H18N4O3. The van der Waals surface area contributed by atoms with Crippen LogP contribution in [0, 0.1) is 22.5 Å². The van der Waals surface area contributed by atoms with Crippen LogP contribution in [0.25, 0.3) is 22.0 Å². The van der Waals surface area contributed by atoms with Crippen molar-refractivity contribution in [2.24, 2.45) is 0 Å². The van der Waals surface area contributed by atoms with Gasteiger partial charge in [-0.05, 0) is 18.6 Å². The van der Waals surface area contributed by atoms with Crippen LogP contribution in [0.4, 0.5) is 11.6 Å². The molecular weight excluding hydrogens is 344 g/mol. The summed E-state index contributed by atoms with van der Waals surface area (Å²) in [6.45, 7) is 0.636. The fourth-order valence-corrected chi connectivity index (χ4v) is 2.78. The summed E-state index contributed by atoms with van der Waals surface area (Å²) in [6, 6.07) is 10.4. The van der Waals surface area contributed by atoms with E-state index in [4.69, 9.17) is 11.2 Å². The number of methoxy groups -OCH3 is 1. The van der Waals surface area contributed by atoms with E-state index in [1.807, 2.05) is 12.1 Å². The number of terminal acetylenes is 1. The van der Waals surface area contributed by atoms with Gasteiger partial charge >= 0.3 is 0 Å². The molecule has 0 aliphatic carbocycles. The third kappa shape index (κ3) is 3.96. The van der Waals surface area contributed by atoms with Gasteiger partial charge in [-0.3, -0.25) is 10.1 Å². The second-order valence-electron chi connectivity index (χ2n) is 5.81. The number of anilines is 1. The molecule has 0 aliphatic heterocycles. The van der Waals surface area contributed by atoms with Crippen molar-refractivity contribution in [3.8, 4) is 29.2 Å². The third-order valence-corrected chi connectivity index (χ3v) is 4.07. The molecule has 7 heteroatoms. The van der Waals surface area contributed by atoms with Gasteiger partial charge in [0.05, 0.1) is 23.1 Å². The molecule has 136 valence electrons. The molecule has 0 fully saturated rings. The molecule has 0 atom stereocenters. The van der Waals surface area contributed by atoms with Gasteiger partial charge in [-0.25, -0.2) is 9.97 Å². The maximum Gasteiger partial charge on any atom is 0.279 e. The highest BCUT2D eigenvalue weighted by Crippen LogP contribution is 2.38. The summed E-state index contributed by atoms with van der Waals surface area (Å²) < 4.78 is 5.35. The van der Waals surface area contributed by atoms with Gasteiger partial charge in [-0.15, -0.1) is 12.3 Å². The van der Waals surface area contributed by atoms with Gasteiger partial charge in [-0.1, -0.05) is 18.2 Å². The minimum absolute atomic E-state index is 0.0380. The number of fused-ring (bicyclic) bond motifs is 1. The highest BCUT2D eigenvalue weighted by atomic mass is 16.6. The topological polar surface area (TPSA) is 90.2 Å². The first kappa shape index (κ1) is 18.1. The first-order chi connectivity index (χ1) is 13.1. The lowest BCUT2D eigenvalue weighted by Crippen LogP contribution is -2.05. The Hall–Kier alpha value is -3.66. The van der Waals surface area contributed by atoms with Crippen molar-refractivity contribution in [2.45, 2.75) is 12.8 Å². The van der Waals surface area contributed by atoms with Gasteiger partial charge in [0.1, 0.15) is 5.75 Å². The number of benzene rings is 2. The van der Waals surface area contributed by atoms with Crippen LogP contribution < -0.4 is 10.1 Å². The molecule has 7 nitrogen and oxygen atoms in total. The van der Waals surface area contributed by atoms with Crippen LogP contribution in [0.1, 0.15) is 12.8 Å². The number of nitro benzene ring substituents is 1. The first-order valence-electron chi connectivity index (χ1n) is 8.40. The highest BCUT2D eigenvalue weighted by Gasteiger charge is 2.20. The lowest BCUT2D eigenvalue weighted by Gasteiger charge is -2.10. The molecule has 0 aliphatic rings. The van der Waals surface area contributed by atoms with Crippen molar-refractivity contribution in [1.29, 1.82) is 0 Å². The Labute approximate surface area is 156 Å². The van der Waals surface area contributed by atoms with Crippen molar-refractivity contribution in [2.75, 3.05) is 19.0 Å². The zero-order valence-electron chi connectivity index (χ0n) is 14.8. The number of hydrogen-bond acceptors (Lipinski definition) is 6. The Morgan fingerprint density at radius 2 is 2.11 bits per heavy atom. The summed E-state index contributed by atoms with van der Waals surface area (Å²) in [5.74, 6) is 3.55. The molecule has 0 bridgehead atoms. The van der Waals surface area contributed by atoms with Crippen LogP contribution >= 0.6 is 0 Å².